The zero-order valence-corrected chi connectivity index (χ0v) is 11.5. The molecule has 1 aromatic heterocycles. The molecule has 2 aromatic carbocycles. The molecule has 0 saturated heterocycles. The van der Waals surface area contributed by atoms with E-state index in [0.717, 1.165) is 6.42 Å². The topological polar surface area (TPSA) is 61.6 Å². The van der Waals surface area contributed by atoms with E-state index in [-0.39, 0.29) is 0 Å². The van der Waals surface area contributed by atoms with Gasteiger partial charge in [-0.15, -0.1) is 0 Å². The molecule has 1 heterocycles. The molecule has 4 nitrogen and oxygen atoms in total. The molecule has 0 aliphatic heterocycles. The van der Waals surface area contributed by atoms with Crippen molar-refractivity contribution in [3.05, 3.63) is 66.1 Å². The predicted molar refractivity (Wildman–Crippen MR) is 82.9 cm³/mol. The smallest absolute Gasteiger partial charge is 0.182 e. The summed E-state index contributed by atoms with van der Waals surface area (Å²) in [7, 11) is 0. The molecule has 1 N–H and O–H groups in total. The summed E-state index contributed by atoms with van der Waals surface area (Å²) in [4.78, 5) is 8.13. The molecule has 3 rings (SSSR count). The molecule has 0 atom stereocenters. The number of rotatable bonds is 4. The van der Waals surface area contributed by atoms with E-state index in [9.17, 15) is 0 Å². The van der Waals surface area contributed by atoms with Crippen LogP contribution in [-0.2, 0) is 6.42 Å². The van der Waals surface area contributed by atoms with E-state index in [1.54, 1.807) is 6.20 Å². The van der Waals surface area contributed by atoms with Gasteiger partial charge in [0.2, 0.25) is 0 Å². The number of nitrogens with zero attached hydrogens (tertiary/aromatic N) is 3. The van der Waals surface area contributed by atoms with E-state index >= 15 is 0 Å². The third-order valence-electron chi connectivity index (χ3n) is 3.37. The number of hydrogen-bond acceptors (Lipinski definition) is 4. The lowest BCUT2D eigenvalue weighted by Crippen LogP contribution is -2.08. The van der Waals surface area contributed by atoms with E-state index in [0.29, 0.717) is 18.1 Å². The Morgan fingerprint density at radius 2 is 1.81 bits per heavy atom. The Balaban J connectivity index is 1.74. The lowest BCUT2D eigenvalue weighted by atomic mass is 10.0. The Bertz CT molecular complexity index is 800. The summed E-state index contributed by atoms with van der Waals surface area (Å²) >= 11 is 0. The zero-order chi connectivity index (χ0) is 14.5. The predicted octanol–water partition coefficient (Wildman–Crippen LogP) is 3.16. The molecule has 0 amide bonds. The van der Waals surface area contributed by atoms with E-state index < -0.39 is 0 Å². The molecule has 0 aliphatic rings. The number of nitrogens with one attached hydrogen (secondary N) is 1. The average molecular weight is 274 g/mol. The molecule has 21 heavy (non-hydrogen) atoms. The minimum absolute atomic E-state index is 0.329. The van der Waals surface area contributed by atoms with Crippen LogP contribution in [0.15, 0.2) is 54.9 Å². The maximum atomic E-state index is 8.98. The van der Waals surface area contributed by atoms with Crippen molar-refractivity contribution in [1.29, 1.82) is 5.26 Å². The molecule has 0 saturated carbocycles. The number of benzene rings is 2. The zero-order valence-electron chi connectivity index (χ0n) is 11.5. The summed E-state index contributed by atoms with van der Waals surface area (Å²) in [6.07, 6.45) is 3.97. The van der Waals surface area contributed by atoms with Crippen molar-refractivity contribution in [2.24, 2.45) is 0 Å². The lowest BCUT2D eigenvalue weighted by Gasteiger charge is -2.08. The maximum Gasteiger partial charge on any atom is 0.182 e. The largest absolute Gasteiger partial charge is 0.367 e. The fraction of sp³-hybridized carbons (Fsp3) is 0.118. The van der Waals surface area contributed by atoms with Crippen molar-refractivity contribution in [2.45, 2.75) is 6.42 Å². The van der Waals surface area contributed by atoms with Crippen LogP contribution in [0.3, 0.4) is 0 Å². The van der Waals surface area contributed by atoms with Gasteiger partial charge in [-0.2, -0.15) is 5.26 Å². The van der Waals surface area contributed by atoms with Crippen LogP contribution in [0.25, 0.3) is 10.8 Å². The van der Waals surface area contributed by atoms with Crippen molar-refractivity contribution >= 4 is 16.6 Å². The van der Waals surface area contributed by atoms with Gasteiger partial charge in [-0.3, -0.25) is 0 Å². The highest BCUT2D eigenvalue weighted by molar-refractivity contribution is 5.85. The van der Waals surface area contributed by atoms with Gasteiger partial charge in [0.25, 0.3) is 0 Å². The van der Waals surface area contributed by atoms with Gasteiger partial charge >= 0.3 is 0 Å². The lowest BCUT2D eigenvalue weighted by molar-refractivity contribution is 1.00. The average Bonchev–Trinajstić information content (AvgIpc) is 2.55. The molecule has 3 aromatic rings. The first-order valence-corrected chi connectivity index (χ1v) is 6.80. The molecule has 0 radical (unpaired) electrons. The highest BCUT2D eigenvalue weighted by Crippen LogP contribution is 2.19. The number of fused-ring (bicyclic) bond motifs is 1. The van der Waals surface area contributed by atoms with Crippen LogP contribution >= 0.6 is 0 Å². The number of nitriles is 1. The number of hydrogen-bond donors (Lipinski definition) is 1. The molecule has 0 fully saturated rings. The summed E-state index contributed by atoms with van der Waals surface area (Å²) < 4.78 is 0. The normalized spacial score (nSPS) is 10.2. The third kappa shape index (κ3) is 2.82. The van der Waals surface area contributed by atoms with Gasteiger partial charge in [0.05, 0.1) is 0 Å². The minimum atomic E-state index is 0.329. The molecule has 0 spiro atoms. The van der Waals surface area contributed by atoms with Gasteiger partial charge in [-0.1, -0.05) is 42.5 Å². The van der Waals surface area contributed by atoms with Crippen molar-refractivity contribution in [3.63, 3.8) is 0 Å². The van der Waals surface area contributed by atoms with Crippen molar-refractivity contribution in [1.82, 2.24) is 9.97 Å². The van der Waals surface area contributed by atoms with Crippen LogP contribution < -0.4 is 5.32 Å². The van der Waals surface area contributed by atoms with E-state index in [4.69, 9.17) is 5.26 Å². The van der Waals surface area contributed by atoms with Gasteiger partial charge in [-0.25, -0.2) is 9.97 Å². The Kier molecular flexibility index (Phi) is 3.74. The Hall–Kier alpha value is -2.93. The molecular formula is C17H14N4. The van der Waals surface area contributed by atoms with Gasteiger partial charge in [0, 0.05) is 18.9 Å². The maximum absolute atomic E-state index is 8.98. The SMILES string of the molecule is N#Cc1nccnc1NCCc1cccc2ccccc12. The van der Waals surface area contributed by atoms with Gasteiger partial charge in [0.15, 0.2) is 11.5 Å². The Morgan fingerprint density at radius 1 is 1.00 bits per heavy atom. The first-order valence-electron chi connectivity index (χ1n) is 6.80. The van der Waals surface area contributed by atoms with E-state index in [1.807, 2.05) is 12.1 Å². The van der Waals surface area contributed by atoms with Crippen molar-refractivity contribution < 1.29 is 0 Å². The molecule has 0 unspecified atom stereocenters. The monoisotopic (exact) mass is 274 g/mol. The fourth-order valence-electron chi connectivity index (χ4n) is 2.38. The van der Waals surface area contributed by atoms with Gasteiger partial charge in [-0.05, 0) is 22.8 Å². The molecule has 4 heteroatoms. The van der Waals surface area contributed by atoms with Crippen molar-refractivity contribution in [3.8, 4) is 6.07 Å². The second kappa shape index (κ2) is 6.02. The summed E-state index contributed by atoms with van der Waals surface area (Å²) in [5, 5.41) is 14.7. The molecule has 102 valence electrons. The first kappa shape index (κ1) is 13.1. The second-order valence-corrected chi connectivity index (χ2v) is 4.68. The summed E-state index contributed by atoms with van der Waals surface area (Å²) in [5.41, 5.74) is 1.61. The van der Waals surface area contributed by atoms with Crippen LogP contribution in [0.4, 0.5) is 5.82 Å². The van der Waals surface area contributed by atoms with E-state index in [1.165, 1.54) is 22.5 Å². The quantitative estimate of drug-likeness (QED) is 0.793. The summed E-state index contributed by atoms with van der Waals surface area (Å²) in [6, 6.07) is 16.7. The van der Waals surface area contributed by atoms with Crippen LogP contribution in [0.1, 0.15) is 11.3 Å². The summed E-state index contributed by atoms with van der Waals surface area (Å²) in [5.74, 6) is 0.542. The minimum Gasteiger partial charge on any atom is -0.367 e. The Morgan fingerprint density at radius 3 is 2.71 bits per heavy atom. The van der Waals surface area contributed by atoms with Crippen LogP contribution in [0, 0.1) is 11.3 Å². The molecular weight excluding hydrogens is 260 g/mol. The summed E-state index contributed by atoms with van der Waals surface area (Å²) in [6.45, 7) is 0.710. The first-order chi connectivity index (χ1) is 10.4. The van der Waals surface area contributed by atoms with E-state index in [2.05, 4.69) is 51.7 Å². The molecule has 0 bridgehead atoms. The van der Waals surface area contributed by atoms with Crippen LogP contribution in [-0.4, -0.2) is 16.5 Å². The second-order valence-electron chi connectivity index (χ2n) is 4.68. The highest BCUT2D eigenvalue weighted by Gasteiger charge is 2.04. The standard InChI is InChI=1S/C17H14N4/c18-12-16-17(21-11-10-19-16)20-9-8-14-6-3-5-13-4-1-2-7-15(13)14/h1-7,10-11H,8-9H2,(H,20,21). The number of aromatic nitrogens is 2. The van der Waals surface area contributed by atoms with Gasteiger partial charge in [0.1, 0.15) is 6.07 Å². The van der Waals surface area contributed by atoms with Gasteiger partial charge < -0.3 is 5.32 Å². The van der Waals surface area contributed by atoms with Crippen molar-refractivity contribution in [2.75, 3.05) is 11.9 Å². The highest BCUT2D eigenvalue weighted by atomic mass is 15.0. The van der Waals surface area contributed by atoms with Crippen LogP contribution in [0.2, 0.25) is 0 Å². The fourth-order valence-corrected chi connectivity index (χ4v) is 2.38. The third-order valence-corrected chi connectivity index (χ3v) is 3.37. The molecule has 0 aliphatic carbocycles. The Labute approximate surface area is 123 Å². The number of anilines is 1. The van der Waals surface area contributed by atoms with Crippen LogP contribution in [0.5, 0.6) is 0 Å².